The third-order valence-corrected chi connectivity index (χ3v) is 15.2. The van der Waals surface area contributed by atoms with Crippen LogP contribution in [0.25, 0.3) is 0 Å². The van der Waals surface area contributed by atoms with Crippen molar-refractivity contribution in [2.75, 3.05) is 19.6 Å². The fourth-order valence-corrected chi connectivity index (χ4v) is 10.7. The van der Waals surface area contributed by atoms with Gasteiger partial charge in [0.15, 0.2) is 5.78 Å². The van der Waals surface area contributed by atoms with Gasteiger partial charge < -0.3 is 65.3 Å². The number of fused-ring (bicyclic) bond motifs is 1. The molecule has 0 radical (unpaired) electrons. The summed E-state index contributed by atoms with van der Waals surface area (Å²) in [5.41, 5.74) is 13.3. The van der Waals surface area contributed by atoms with Crippen LogP contribution < -0.4 is 54.0 Å². The molecule has 22 heteroatoms. The van der Waals surface area contributed by atoms with Gasteiger partial charge in [0, 0.05) is 37.8 Å². The Kier molecular flexibility index (Phi) is 30.3. The molecule has 9 amide bonds. The normalized spacial score (nSPS) is 25.5. The molecule has 2 saturated heterocycles. The third-order valence-electron chi connectivity index (χ3n) is 15.2. The maximum atomic E-state index is 14.8. The molecule has 21 nitrogen and oxygen atoms in total. The molecule has 84 heavy (non-hydrogen) atoms. The van der Waals surface area contributed by atoms with Crippen molar-refractivity contribution in [2.45, 2.75) is 206 Å². The minimum Gasteiger partial charge on any atom is -0.372 e. The molecule has 0 unspecified atom stereocenters. The van der Waals surface area contributed by atoms with E-state index in [1.165, 1.54) is 11.3 Å². The average molecular weight is 1400 g/mol. The van der Waals surface area contributed by atoms with Crippen LogP contribution >= 0.6 is 0 Å². The average Bonchev–Trinajstić information content (AvgIpc) is 4.08. The summed E-state index contributed by atoms with van der Waals surface area (Å²) < 4.78 is 0. The predicted molar refractivity (Wildman–Crippen MR) is 318 cm³/mol. The minimum atomic E-state index is -1.27. The zero-order chi connectivity index (χ0) is 61.2. The maximum Gasteiger partial charge on any atom is 0.246 e. The van der Waals surface area contributed by atoms with E-state index in [9.17, 15) is 47.9 Å². The number of carbonyl (C=O) groups is 10. The number of hydrogen-bond donors (Lipinski definition) is 10. The van der Waals surface area contributed by atoms with Crippen LogP contribution in [0, 0.1) is 30.1 Å². The predicted octanol–water partition coefficient (Wildman–Crippen LogP) is 2.96. The molecule has 0 spiro atoms. The Bertz CT molecular complexity index is 2450. The second-order valence-electron chi connectivity index (χ2n) is 23.5. The van der Waals surface area contributed by atoms with E-state index in [0.717, 1.165) is 11.1 Å². The summed E-state index contributed by atoms with van der Waals surface area (Å²) in [7, 11) is 0. The number of nitrogens with two attached hydrogens (primary N) is 2. The fraction of sp³-hybridized carbons (Fsp3) is 0.629. The van der Waals surface area contributed by atoms with Crippen molar-refractivity contribution in [3.05, 3.63) is 78.2 Å². The zero-order valence-electron chi connectivity index (χ0n) is 50.6. The SMILES string of the molecule is C[CH-][C@@H]1NC(=O)[C@@H]2CCCN2C(=O)[C@@H](Cc2ccccc2)NC(=O)C[C@H](CC(C)C)NC(=O)[C@H](CCCN)NC(=O)[C@H](C(C)C)NC(=O)[C@H](CCCC)CC(=O)[C@@H](Cc2ccccc2)NC(=O)[C@H](CC(C)C)NC(=O)[C@H](CCCN)NC1=O.[Cm]. The number of unbranched alkanes of at least 4 members (excludes halogenated alkanes) is 1. The number of nitrogens with one attached hydrogen (secondary N) is 8. The summed E-state index contributed by atoms with van der Waals surface area (Å²) in [5, 5.41) is 22.9. The molecule has 2 aliphatic heterocycles. The second kappa shape index (κ2) is 36.1. The Labute approximate surface area is 491 Å². The molecule has 0 saturated carbocycles. The van der Waals surface area contributed by atoms with Crippen LogP contribution in [-0.4, -0.2) is 138 Å². The summed E-state index contributed by atoms with van der Waals surface area (Å²) in [5.74, 6) is -7.59. The van der Waals surface area contributed by atoms with Crippen molar-refractivity contribution < 1.29 is 47.9 Å². The smallest absolute Gasteiger partial charge is 0.246 e. The van der Waals surface area contributed by atoms with Crippen LogP contribution in [0.4, 0.5) is 0 Å². The van der Waals surface area contributed by atoms with Crippen LogP contribution in [0.3, 0.4) is 0 Å². The van der Waals surface area contributed by atoms with Gasteiger partial charge in [-0.2, -0.15) is 6.92 Å². The van der Waals surface area contributed by atoms with Gasteiger partial charge in [0.25, 0.3) is 0 Å². The number of hydrogen-bond acceptors (Lipinski definition) is 12. The van der Waals surface area contributed by atoms with Crippen molar-refractivity contribution in [3.8, 4) is 0 Å². The van der Waals surface area contributed by atoms with E-state index in [4.69, 9.17) is 11.5 Å². The minimum absolute atomic E-state index is 0. The van der Waals surface area contributed by atoms with Gasteiger partial charge >= 0.3 is 0 Å². The number of amides is 9. The summed E-state index contributed by atoms with van der Waals surface area (Å²) in [6.07, 6.45) is 4.61. The van der Waals surface area contributed by atoms with Crippen LogP contribution in [-0.2, 0) is 60.8 Å². The molecule has 12 N–H and O–H groups in total. The molecular formula is C62H96CmN11O10-. The largest absolute Gasteiger partial charge is 0.372 e. The van der Waals surface area contributed by atoms with E-state index in [-0.39, 0.29) is 89.3 Å². The van der Waals surface area contributed by atoms with E-state index >= 15 is 0 Å². The van der Waals surface area contributed by atoms with Crippen LogP contribution in [0.5, 0.6) is 0 Å². The summed E-state index contributed by atoms with van der Waals surface area (Å²) in [6.45, 7) is 15.2. The number of rotatable bonds is 19. The molecule has 0 aromatic heterocycles. The quantitative estimate of drug-likeness (QED) is 0.0909. The van der Waals surface area contributed by atoms with E-state index in [1.54, 1.807) is 45.0 Å². The van der Waals surface area contributed by atoms with Crippen LogP contribution in [0.2, 0.25) is 0 Å². The van der Waals surface area contributed by atoms with Crippen molar-refractivity contribution in [2.24, 2.45) is 35.1 Å². The number of nitrogens with zero attached hydrogens (tertiary/aromatic N) is 1. The van der Waals surface area contributed by atoms with E-state index in [2.05, 4.69) is 42.5 Å². The van der Waals surface area contributed by atoms with Gasteiger partial charge in [0.2, 0.25) is 53.2 Å². The Morgan fingerprint density at radius 1 is 0.548 bits per heavy atom. The number of benzene rings is 2. The number of Topliss-reactive ketones (excluding diaryl/α,β-unsaturated/α-hetero) is 1. The van der Waals surface area contributed by atoms with Gasteiger partial charge in [-0.05, 0) is 112 Å². The maximum absolute atomic E-state index is 14.8. The van der Waals surface area contributed by atoms with Gasteiger partial charge in [0.05, 0.1) is 6.04 Å². The molecule has 2 aliphatic rings. The van der Waals surface area contributed by atoms with Crippen LogP contribution in [0.1, 0.15) is 150 Å². The second-order valence-corrected chi connectivity index (χ2v) is 23.5. The fourth-order valence-electron chi connectivity index (χ4n) is 10.7. The topological polar surface area (TPSA) is 322 Å². The molecule has 2 fully saturated rings. The Balaban J connectivity index is 0.0000185. The van der Waals surface area contributed by atoms with Gasteiger partial charge in [-0.25, -0.2) is 0 Å². The standard InChI is InChI=1S/C62H96N11O10.Cm/c1-9-11-25-43-36-52(74)48(34-41-21-14-12-15-22-41)70-59(80)49(33-39(5)6)71-58(79)47(27-19-30-64)68-56(77)45(10-2)67-60(81)51-28-20-31-73(51)62(83)50(35-42-23-16-13-17-24-42)66-53(75)37-44(32-38(3)4)65-57(78)46(26-18-29-63)69-61(82)54(40(7)8)72-55(43)76;/h10,12-17,21-24,38-40,43-51,54H,9,11,18-20,25-37,63-64H2,1-8H3,(H,65,78)(H,66,75)(H,67,81)(H,68,77)(H,69,82)(H,70,80)(H,71,79)(H,72,76);/q-1;/t43-,44+,45+,46+,47+,48-,49+,50-,51+,54+;/m1./s1. The van der Waals surface area contributed by atoms with Gasteiger partial charge in [-0.1, -0.05) is 122 Å². The van der Waals surface area contributed by atoms with Gasteiger partial charge in [-0.15, -0.1) is 0 Å². The van der Waals surface area contributed by atoms with Gasteiger partial charge in [-0.3, -0.25) is 47.9 Å². The van der Waals surface area contributed by atoms with Crippen molar-refractivity contribution in [1.29, 1.82) is 0 Å². The number of carbonyl (C=O) groups excluding carboxylic acids is 10. The first-order chi connectivity index (χ1) is 39.6. The van der Waals surface area contributed by atoms with Crippen molar-refractivity contribution >= 4 is 58.9 Å². The first-order valence-electron chi connectivity index (χ1n) is 30.1. The first kappa shape index (κ1) is 70.5. The monoisotopic (exact) mass is 1400 g/mol. The molecule has 2 heterocycles. The van der Waals surface area contributed by atoms with Crippen LogP contribution in [0.15, 0.2) is 60.7 Å². The van der Waals surface area contributed by atoms with Gasteiger partial charge in [0.1, 0.15) is 36.3 Å². The Morgan fingerprint density at radius 3 is 1.61 bits per heavy atom. The molecule has 10 atom stereocenters. The molecule has 2 aromatic carbocycles. The van der Waals surface area contributed by atoms with E-state index in [0.29, 0.717) is 38.5 Å². The molecular weight excluding hydrogens is 1310 g/mol. The Morgan fingerprint density at radius 2 is 1.07 bits per heavy atom. The summed E-state index contributed by atoms with van der Waals surface area (Å²) in [4.78, 5) is 146. The van der Waals surface area contributed by atoms with E-state index in [1.807, 2.05) is 71.0 Å². The third kappa shape index (κ3) is 22.8. The zero-order valence-corrected chi connectivity index (χ0v) is 53.6. The van der Waals surface area contributed by atoms with E-state index < -0.39 is 125 Å². The molecule has 0 aliphatic carbocycles. The molecule has 468 valence electrons. The Hall–Kier alpha value is -7.74. The summed E-state index contributed by atoms with van der Waals surface area (Å²) >= 11 is 0. The first-order valence-corrected chi connectivity index (χ1v) is 30.1. The van der Waals surface area contributed by atoms with Crippen molar-refractivity contribution in [3.63, 3.8) is 0 Å². The molecule has 0 bridgehead atoms. The molecule has 4 rings (SSSR count). The number of ketones is 1. The summed E-state index contributed by atoms with van der Waals surface area (Å²) in [6, 6.07) is 8.07. The molecule has 2 aromatic rings. The van der Waals surface area contributed by atoms with Crippen molar-refractivity contribution in [1.82, 2.24) is 47.4 Å².